The Hall–Kier alpha value is -0.620. The zero-order valence-electron chi connectivity index (χ0n) is 9.93. The Labute approximate surface area is 102 Å². The molecule has 2 aliphatic rings. The summed E-state index contributed by atoms with van der Waals surface area (Å²) >= 11 is 0. The van der Waals surface area contributed by atoms with Gasteiger partial charge in [0, 0.05) is 6.54 Å². The van der Waals surface area contributed by atoms with Crippen molar-refractivity contribution < 1.29 is 18.3 Å². The van der Waals surface area contributed by atoms with Crippen LogP contribution < -0.4 is 4.72 Å². The van der Waals surface area contributed by atoms with Crippen LogP contribution in [0.3, 0.4) is 0 Å². The molecule has 0 aromatic heterocycles. The van der Waals surface area contributed by atoms with Gasteiger partial charge in [0.25, 0.3) is 0 Å². The van der Waals surface area contributed by atoms with E-state index in [1.165, 1.54) is 32.6 Å². The van der Waals surface area contributed by atoms with Gasteiger partial charge in [-0.05, 0) is 50.4 Å². The third-order valence-corrected chi connectivity index (χ3v) is 5.49. The minimum absolute atomic E-state index is 0.412. The maximum absolute atomic E-state index is 11.7. The molecule has 0 radical (unpaired) electrons. The third kappa shape index (κ3) is 3.19. The van der Waals surface area contributed by atoms with E-state index in [1.54, 1.807) is 0 Å². The van der Waals surface area contributed by atoms with Crippen molar-refractivity contribution in [3.05, 3.63) is 0 Å². The SMILES string of the molecule is CC(C(=O)O)S(=O)(=O)NCC(C1CC1)C1CC1. The molecule has 5 nitrogen and oxygen atoms in total. The lowest BCUT2D eigenvalue weighted by atomic mass is 9.99. The summed E-state index contributed by atoms with van der Waals surface area (Å²) in [5.41, 5.74) is 0. The Morgan fingerprint density at radius 1 is 1.29 bits per heavy atom. The van der Waals surface area contributed by atoms with Crippen molar-refractivity contribution in [3.8, 4) is 0 Å². The van der Waals surface area contributed by atoms with Gasteiger partial charge in [0.1, 0.15) is 0 Å². The molecule has 98 valence electrons. The van der Waals surface area contributed by atoms with Crippen molar-refractivity contribution in [3.63, 3.8) is 0 Å². The van der Waals surface area contributed by atoms with Gasteiger partial charge in [-0.25, -0.2) is 13.1 Å². The molecule has 0 aromatic rings. The van der Waals surface area contributed by atoms with Crippen LogP contribution in [0.5, 0.6) is 0 Å². The molecule has 6 heteroatoms. The highest BCUT2D eigenvalue weighted by Crippen LogP contribution is 2.48. The first kappa shape index (κ1) is 12.8. The van der Waals surface area contributed by atoms with E-state index in [1.807, 2.05) is 0 Å². The fraction of sp³-hybridized carbons (Fsp3) is 0.909. The summed E-state index contributed by atoms with van der Waals surface area (Å²) in [6.07, 6.45) is 4.77. The van der Waals surface area contributed by atoms with E-state index >= 15 is 0 Å². The molecular formula is C11H19NO4S. The van der Waals surface area contributed by atoms with Crippen LogP contribution >= 0.6 is 0 Å². The monoisotopic (exact) mass is 261 g/mol. The number of sulfonamides is 1. The maximum Gasteiger partial charge on any atom is 0.323 e. The van der Waals surface area contributed by atoms with Crippen LogP contribution in [0.15, 0.2) is 0 Å². The quantitative estimate of drug-likeness (QED) is 0.710. The normalized spacial score (nSPS) is 22.7. The van der Waals surface area contributed by atoms with E-state index in [-0.39, 0.29) is 0 Å². The van der Waals surface area contributed by atoms with Crippen molar-refractivity contribution in [2.45, 2.75) is 37.9 Å². The topological polar surface area (TPSA) is 83.5 Å². The van der Waals surface area contributed by atoms with Crippen LogP contribution in [0.2, 0.25) is 0 Å². The largest absolute Gasteiger partial charge is 0.480 e. The number of carbonyl (C=O) groups is 1. The molecule has 17 heavy (non-hydrogen) atoms. The summed E-state index contributed by atoms with van der Waals surface area (Å²) in [5, 5.41) is 7.33. The van der Waals surface area contributed by atoms with Gasteiger partial charge in [0.2, 0.25) is 10.0 Å². The Kier molecular flexibility index (Phi) is 3.45. The molecule has 0 spiro atoms. The zero-order valence-corrected chi connectivity index (χ0v) is 10.7. The number of rotatable bonds is 7. The van der Waals surface area contributed by atoms with Crippen molar-refractivity contribution in [2.75, 3.05) is 6.54 Å². The first-order chi connectivity index (χ1) is 7.92. The molecule has 2 saturated carbocycles. The second-order valence-corrected chi connectivity index (χ2v) is 7.30. The summed E-state index contributed by atoms with van der Waals surface area (Å²) in [4.78, 5) is 10.7. The van der Waals surface area contributed by atoms with E-state index in [2.05, 4.69) is 4.72 Å². The van der Waals surface area contributed by atoms with Gasteiger partial charge in [-0.3, -0.25) is 4.79 Å². The molecule has 2 N–H and O–H groups in total. The molecule has 1 unspecified atom stereocenters. The Morgan fingerprint density at radius 3 is 2.12 bits per heavy atom. The standard InChI is InChI=1S/C11H19NO4S/c1-7(11(13)14)17(15,16)12-6-10(8-2-3-8)9-4-5-9/h7-10,12H,2-6H2,1H3,(H,13,14). The van der Waals surface area contributed by atoms with Crippen LogP contribution in [0.25, 0.3) is 0 Å². The smallest absolute Gasteiger partial charge is 0.323 e. The zero-order chi connectivity index (χ0) is 12.6. The third-order valence-electron chi connectivity index (χ3n) is 3.79. The van der Waals surface area contributed by atoms with Crippen LogP contribution in [-0.2, 0) is 14.8 Å². The average molecular weight is 261 g/mol. The second kappa shape index (κ2) is 4.57. The molecule has 0 heterocycles. The second-order valence-electron chi connectivity index (χ2n) is 5.21. The maximum atomic E-state index is 11.7. The lowest BCUT2D eigenvalue weighted by Crippen LogP contribution is -2.40. The van der Waals surface area contributed by atoms with Gasteiger partial charge in [-0.15, -0.1) is 0 Å². The Balaban J connectivity index is 1.89. The summed E-state index contributed by atoms with van der Waals surface area (Å²) in [6.45, 7) is 1.61. The molecule has 0 amide bonds. The van der Waals surface area contributed by atoms with Gasteiger partial charge >= 0.3 is 5.97 Å². The van der Waals surface area contributed by atoms with Crippen molar-refractivity contribution in [1.82, 2.24) is 4.72 Å². The predicted octanol–water partition coefficient (Wildman–Crippen LogP) is 0.815. The molecule has 0 aromatic carbocycles. The van der Waals surface area contributed by atoms with E-state index in [0.717, 1.165) is 0 Å². The van der Waals surface area contributed by atoms with Gasteiger partial charge in [-0.1, -0.05) is 0 Å². The number of hydrogen-bond acceptors (Lipinski definition) is 3. The van der Waals surface area contributed by atoms with E-state index in [0.29, 0.717) is 24.3 Å². The number of hydrogen-bond donors (Lipinski definition) is 2. The first-order valence-electron chi connectivity index (χ1n) is 6.13. The van der Waals surface area contributed by atoms with Crippen LogP contribution in [0, 0.1) is 17.8 Å². The van der Waals surface area contributed by atoms with Crippen LogP contribution in [0.4, 0.5) is 0 Å². The average Bonchev–Trinajstić information content (AvgIpc) is 3.09. The van der Waals surface area contributed by atoms with Crippen molar-refractivity contribution in [1.29, 1.82) is 0 Å². The summed E-state index contributed by atoms with van der Waals surface area (Å²) < 4.78 is 25.8. The fourth-order valence-corrected chi connectivity index (χ4v) is 3.18. The molecule has 2 aliphatic carbocycles. The van der Waals surface area contributed by atoms with Gasteiger partial charge < -0.3 is 5.11 Å². The van der Waals surface area contributed by atoms with Gasteiger partial charge in [0.05, 0.1) is 0 Å². The molecule has 0 aliphatic heterocycles. The minimum atomic E-state index is -3.72. The molecular weight excluding hydrogens is 242 g/mol. The Bertz CT molecular complexity index is 386. The van der Waals surface area contributed by atoms with Crippen LogP contribution in [0.1, 0.15) is 32.6 Å². The lowest BCUT2D eigenvalue weighted by molar-refractivity contribution is -0.136. The number of aliphatic carboxylic acids is 1. The van der Waals surface area contributed by atoms with E-state index < -0.39 is 21.2 Å². The highest BCUT2D eigenvalue weighted by Gasteiger charge is 2.42. The van der Waals surface area contributed by atoms with E-state index in [9.17, 15) is 13.2 Å². The first-order valence-corrected chi connectivity index (χ1v) is 7.67. The highest BCUT2D eigenvalue weighted by molar-refractivity contribution is 7.90. The number of carboxylic acid groups (broad SMARTS) is 1. The molecule has 2 rings (SSSR count). The van der Waals surface area contributed by atoms with Gasteiger partial charge in [-0.2, -0.15) is 0 Å². The number of nitrogens with one attached hydrogen (secondary N) is 1. The Morgan fingerprint density at radius 2 is 1.76 bits per heavy atom. The molecule has 2 fully saturated rings. The molecule has 0 bridgehead atoms. The highest BCUT2D eigenvalue weighted by atomic mass is 32.2. The summed E-state index contributed by atoms with van der Waals surface area (Å²) in [7, 11) is -3.72. The van der Waals surface area contributed by atoms with Crippen molar-refractivity contribution in [2.24, 2.45) is 17.8 Å². The summed E-state index contributed by atoms with van der Waals surface area (Å²) in [6, 6.07) is 0. The predicted molar refractivity (Wildman–Crippen MR) is 63.0 cm³/mol. The van der Waals surface area contributed by atoms with E-state index in [4.69, 9.17) is 5.11 Å². The van der Waals surface area contributed by atoms with Gasteiger partial charge in [0.15, 0.2) is 5.25 Å². The fourth-order valence-electron chi connectivity index (χ4n) is 2.24. The summed E-state index contributed by atoms with van der Waals surface area (Å²) in [5.74, 6) is 0.438. The lowest BCUT2D eigenvalue weighted by Gasteiger charge is -2.17. The van der Waals surface area contributed by atoms with Crippen LogP contribution in [-0.4, -0.2) is 31.3 Å². The molecule has 0 saturated heterocycles. The minimum Gasteiger partial charge on any atom is -0.480 e. The molecule has 1 atom stereocenters. The number of carboxylic acids is 1. The van der Waals surface area contributed by atoms with Crippen molar-refractivity contribution >= 4 is 16.0 Å².